The molecular weight excluding hydrogens is 401 g/mol. The zero-order chi connectivity index (χ0) is 21.6. The highest BCUT2D eigenvalue weighted by atomic mass is 19.4. The lowest BCUT2D eigenvalue weighted by molar-refractivity contribution is -0.137. The van der Waals surface area contributed by atoms with Gasteiger partial charge in [0, 0.05) is 31.0 Å². The average molecular weight is 418 g/mol. The number of carbonyl (C=O) groups is 1. The molecule has 0 fully saturated rings. The highest BCUT2D eigenvalue weighted by molar-refractivity contribution is 5.66. The highest BCUT2D eigenvalue weighted by Gasteiger charge is 2.30. The van der Waals surface area contributed by atoms with Crippen LogP contribution in [0.3, 0.4) is 0 Å². The summed E-state index contributed by atoms with van der Waals surface area (Å²) in [5.41, 5.74) is 0.485. The molecule has 0 saturated heterocycles. The van der Waals surface area contributed by atoms with E-state index in [0.717, 1.165) is 23.9 Å². The summed E-state index contributed by atoms with van der Waals surface area (Å²) in [7, 11) is 0. The van der Waals surface area contributed by atoms with E-state index >= 15 is 0 Å². The molecule has 4 N–H and O–H groups in total. The third-order valence-corrected chi connectivity index (χ3v) is 3.86. The number of aromatic nitrogens is 3. The molecule has 0 atom stereocenters. The van der Waals surface area contributed by atoms with E-state index < -0.39 is 17.8 Å². The van der Waals surface area contributed by atoms with Gasteiger partial charge in [-0.2, -0.15) is 13.2 Å². The molecule has 0 radical (unpaired) electrons. The van der Waals surface area contributed by atoms with Crippen LogP contribution in [0.5, 0.6) is 0 Å². The normalized spacial score (nSPS) is 11.0. The molecule has 3 heterocycles. The summed E-state index contributed by atoms with van der Waals surface area (Å²) in [5, 5.41) is 16.6. The largest absolute Gasteiger partial charge is 0.465 e. The second kappa shape index (κ2) is 9.07. The first-order chi connectivity index (χ1) is 14.3. The number of alkyl halides is 3. The van der Waals surface area contributed by atoms with Crippen molar-refractivity contribution in [3.63, 3.8) is 0 Å². The topological polar surface area (TPSA) is 112 Å². The molecule has 11 heteroatoms. The summed E-state index contributed by atoms with van der Waals surface area (Å²) >= 11 is 0. The minimum atomic E-state index is -4.46. The third-order valence-electron chi connectivity index (χ3n) is 3.86. The Hall–Kier alpha value is -3.89. The SMILES string of the molecule is O=C(O)NCCNc1cc(-c2cccc(Nc3cc(C(F)(F)F)ccn3)n2)ccn1. The smallest absolute Gasteiger partial charge is 0.416 e. The zero-order valence-electron chi connectivity index (χ0n) is 15.4. The number of hydrogen-bond donors (Lipinski definition) is 4. The summed E-state index contributed by atoms with van der Waals surface area (Å²) in [5.74, 6) is 0.883. The van der Waals surface area contributed by atoms with Crippen LogP contribution in [0.1, 0.15) is 5.56 Å². The van der Waals surface area contributed by atoms with Crippen molar-refractivity contribution in [2.45, 2.75) is 6.18 Å². The Morgan fingerprint density at radius 1 is 0.967 bits per heavy atom. The second-order valence-corrected chi connectivity index (χ2v) is 6.05. The molecule has 3 aromatic rings. The number of carboxylic acid groups (broad SMARTS) is 1. The lowest BCUT2D eigenvalue weighted by Crippen LogP contribution is -2.27. The fraction of sp³-hybridized carbons (Fsp3) is 0.158. The minimum Gasteiger partial charge on any atom is -0.465 e. The van der Waals surface area contributed by atoms with Crippen LogP contribution in [0.25, 0.3) is 11.3 Å². The predicted octanol–water partition coefficient (Wildman–Crippen LogP) is 3.98. The number of hydrogen-bond acceptors (Lipinski definition) is 6. The van der Waals surface area contributed by atoms with Crippen LogP contribution >= 0.6 is 0 Å². The highest BCUT2D eigenvalue weighted by Crippen LogP contribution is 2.30. The molecule has 0 aliphatic rings. The lowest BCUT2D eigenvalue weighted by Gasteiger charge is -2.11. The molecule has 0 bridgehead atoms. The number of rotatable bonds is 7. The quantitative estimate of drug-likeness (QED) is 0.430. The first kappa shape index (κ1) is 20.8. The van der Waals surface area contributed by atoms with Gasteiger partial charge in [-0.25, -0.2) is 19.7 Å². The van der Waals surface area contributed by atoms with Gasteiger partial charge in [-0.1, -0.05) is 6.07 Å². The Kier molecular flexibility index (Phi) is 6.30. The van der Waals surface area contributed by atoms with E-state index in [2.05, 4.69) is 30.9 Å². The molecule has 0 saturated carbocycles. The Labute approximate surface area is 169 Å². The molecule has 3 aromatic heterocycles. The maximum absolute atomic E-state index is 12.9. The van der Waals surface area contributed by atoms with E-state index in [1.807, 2.05) is 0 Å². The molecule has 0 aliphatic heterocycles. The van der Waals surface area contributed by atoms with Gasteiger partial charge in [0.25, 0.3) is 0 Å². The van der Waals surface area contributed by atoms with E-state index in [1.54, 1.807) is 36.5 Å². The molecule has 1 amide bonds. The van der Waals surface area contributed by atoms with Crippen LogP contribution in [0.15, 0.2) is 54.9 Å². The molecule has 0 spiro atoms. The molecule has 3 rings (SSSR count). The second-order valence-electron chi connectivity index (χ2n) is 6.05. The number of pyridine rings is 3. The van der Waals surface area contributed by atoms with E-state index in [0.29, 0.717) is 23.9 Å². The average Bonchev–Trinajstić information content (AvgIpc) is 2.71. The van der Waals surface area contributed by atoms with Gasteiger partial charge in [-0.3, -0.25) is 0 Å². The van der Waals surface area contributed by atoms with Crippen LogP contribution in [0.2, 0.25) is 0 Å². The van der Waals surface area contributed by atoms with Crippen LogP contribution < -0.4 is 16.0 Å². The van der Waals surface area contributed by atoms with Crippen molar-refractivity contribution in [3.8, 4) is 11.3 Å². The van der Waals surface area contributed by atoms with Crippen LogP contribution in [0.4, 0.5) is 35.4 Å². The van der Waals surface area contributed by atoms with Crippen molar-refractivity contribution in [3.05, 3.63) is 60.4 Å². The van der Waals surface area contributed by atoms with E-state index in [4.69, 9.17) is 5.11 Å². The molecular formula is C19H17F3N6O2. The maximum Gasteiger partial charge on any atom is 0.416 e. The Morgan fingerprint density at radius 2 is 1.73 bits per heavy atom. The molecule has 0 unspecified atom stereocenters. The van der Waals surface area contributed by atoms with Gasteiger partial charge < -0.3 is 21.1 Å². The lowest BCUT2D eigenvalue weighted by atomic mass is 10.1. The van der Waals surface area contributed by atoms with Gasteiger partial charge in [0.1, 0.15) is 17.5 Å². The van der Waals surface area contributed by atoms with Gasteiger partial charge in [0.2, 0.25) is 0 Å². The fourth-order valence-electron chi connectivity index (χ4n) is 2.52. The van der Waals surface area contributed by atoms with Crippen molar-refractivity contribution in [1.29, 1.82) is 0 Å². The van der Waals surface area contributed by atoms with Crippen molar-refractivity contribution in [1.82, 2.24) is 20.3 Å². The van der Waals surface area contributed by atoms with Gasteiger partial charge in [-0.15, -0.1) is 0 Å². The summed E-state index contributed by atoms with van der Waals surface area (Å²) in [6.07, 6.45) is -2.93. The van der Waals surface area contributed by atoms with E-state index in [-0.39, 0.29) is 12.4 Å². The monoisotopic (exact) mass is 418 g/mol. The van der Waals surface area contributed by atoms with Gasteiger partial charge in [-0.05, 0) is 36.4 Å². The molecule has 156 valence electrons. The van der Waals surface area contributed by atoms with E-state index in [1.165, 1.54) is 0 Å². The van der Waals surface area contributed by atoms with Crippen LogP contribution in [0, 0.1) is 0 Å². The number of nitrogens with one attached hydrogen (secondary N) is 3. The van der Waals surface area contributed by atoms with Gasteiger partial charge in [0.15, 0.2) is 0 Å². The Morgan fingerprint density at radius 3 is 2.50 bits per heavy atom. The number of amides is 1. The summed E-state index contributed by atoms with van der Waals surface area (Å²) in [4.78, 5) is 22.9. The summed E-state index contributed by atoms with van der Waals surface area (Å²) < 4.78 is 38.6. The number of anilines is 3. The Bertz CT molecular complexity index is 1030. The van der Waals surface area contributed by atoms with Crippen molar-refractivity contribution < 1.29 is 23.1 Å². The van der Waals surface area contributed by atoms with Gasteiger partial charge in [0.05, 0.1) is 11.3 Å². The number of nitrogens with zero attached hydrogens (tertiary/aromatic N) is 3. The molecule has 0 aliphatic carbocycles. The van der Waals surface area contributed by atoms with E-state index in [9.17, 15) is 18.0 Å². The standard InChI is InChI=1S/C19H17F3N6O2/c20-19(21,22)13-5-7-24-17(11-13)28-15-3-1-2-14(27-15)12-4-6-23-16(10-12)25-8-9-26-18(29)30/h1-7,10-11,26H,8-9H2,(H,23,25)(H,29,30)(H,24,27,28). The van der Waals surface area contributed by atoms with Crippen molar-refractivity contribution >= 4 is 23.5 Å². The summed E-state index contributed by atoms with van der Waals surface area (Å²) in [6, 6.07) is 10.3. The molecule has 0 aromatic carbocycles. The Balaban J connectivity index is 1.73. The molecule has 8 nitrogen and oxygen atoms in total. The maximum atomic E-state index is 12.9. The first-order valence-corrected chi connectivity index (χ1v) is 8.76. The number of halogens is 3. The fourth-order valence-corrected chi connectivity index (χ4v) is 2.52. The summed E-state index contributed by atoms with van der Waals surface area (Å²) in [6.45, 7) is 0.557. The minimum absolute atomic E-state index is 0.0255. The zero-order valence-corrected chi connectivity index (χ0v) is 15.4. The first-order valence-electron chi connectivity index (χ1n) is 8.76. The van der Waals surface area contributed by atoms with Crippen molar-refractivity contribution in [2.24, 2.45) is 0 Å². The van der Waals surface area contributed by atoms with Crippen molar-refractivity contribution in [2.75, 3.05) is 23.7 Å². The molecule has 30 heavy (non-hydrogen) atoms. The van der Waals surface area contributed by atoms with Crippen LogP contribution in [-0.2, 0) is 6.18 Å². The third kappa shape index (κ3) is 5.80. The van der Waals surface area contributed by atoms with Gasteiger partial charge >= 0.3 is 12.3 Å². The van der Waals surface area contributed by atoms with Crippen LogP contribution in [-0.4, -0.2) is 39.2 Å². The predicted molar refractivity (Wildman–Crippen MR) is 105 cm³/mol.